The SMILES string of the molecule is C#CCCCOc1cc(F)ccc1N. The first-order chi connectivity index (χ1) is 6.74. The van der Waals surface area contributed by atoms with Crippen LogP contribution in [0.4, 0.5) is 10.1 Å². The lowest BCUT2D eigenvalue weighted by Crippen LogP contribution is -2.00. The van der Waals surface area contributed by atoms with E-state index in [0.29, 0.717) is 24.5 Å². The van der Waals surface area contributed by atoms with Crippen LogP contribution in [0.15, 0.2) is 18.2 Å². The molecule has 0 unspecified atom stereocenters. The van der Waals surface area contributed by atoms with Gasteiger partial charge >= 0.3 is 0 Å². The number of nitrogens with two attached hydrogens (primary N) is 1. The Morgan fingerprint density at radius 2 is 2.29 bits per heavy atom. The van der Waals surface area contributed by atoms with Crippen LogP contribution < -0.4 is 10.5 Å². The fourth-order valence-electron chi connectivity index (χ4n) is 0.990. The van der Waals surface area contributed by atoms with E-state index in [9.17, 15) is 4.39 Å². The van der Waals surface area contributed by atoms with Crippen molar-refractivity contribution < 1.29 is 9.13 Å². The molecule has 0 aliphatic rings. The Labute approximate surface area is 82.9 Å². The summed E-state index contributed by atoms with van der Waals surface area (Å²) in [7, 11) is 0. The minimum atomic E-state index is -0.355. The van der Waals surface area contributed by atoms with Crippen LogP contribution in [0, 0.1) is 18.2 Å². The number of ether oxygens (including phenoxy) is 1. The smallest absolute Gasteiger partial charge is 0.145 e. The first kappa shape index (κ1) is 10.4. The molecule has 14 heavy (non-hydrogen) atoms. The van der Waals surface area contributed by atoms with E-state index in [1.165, 1.54) is 18.2 Å². The Morgan fingerprint density at radius 1 is 1.50 bits per heavy atom. The van der Waals surface area contributed by atoms with Crippen LogP contribution in [0.2, 0.25) is 0 Å². The van der Waals surface area contributed by atoms with Crippen LogP contribution in [-0.4, -0.2) is 6.61 Å². The molecule has 0 aliphatic carbocycles. The largest absolute Gasteiger partial charge is 0.491 e. The maximum atomic E-state index is 12.8. The molecule has 0 saturated heterocycles. The lowest BCUT2D eigenvalue weighted by molar-refractivity contribution is 0.313. The summed E-state index contributed by atoms with van der Waals surface area (Å²) in [6.07, 6.45) is 6.46. The summed E-state index contributed by atoms with van der Waals surface area (Å²) in [5, 5.41) is 0. The maximum Gasteiger partial charge on any atom is 0.145 e. The summed E-state index contributed by atoms with van der Waals surface area (Å²) in [5.74, 6) is 2.52. The van der Waals surface area contributed by atoms with Gasteiger partial charge in [-0.15, -0.1) is 12.3 Å². The summed E-state index contributed by atoms with van der Waals surface area (Å²) in [6.45, 7) is 0.456. The first-order valence-corrected chi connectivity index (χ1v) is 4.35. The first-order valence-electron chi connectivity index (χ1n) is 4.35. The van der Waals surface area contributed by atoms with Crippen molar-refractivity contribution in [1.82, 2.24) is 0 Å². The number of rotatable bonds is 4. The number of hydrogen-bond donors (Lipinski definition) is 1. The predicted octanol–water partition coefficient (Wildman–Crippen LogP) is 2.20. The molecular weight excluding hydrogens is 181 g/mol. The Balaban J connectivity index is 2.50. The van der Waals surface area contributed by atoms with E-state index in [1.54, 1.807) is 0 Å². The molecule has 2 nitrogen and oxygen atoms in total. The van der Waals surface area contributed by atoms with Crippen LogP contribution in [-0.2, 0) is 0 Å². The minimum absolute atomic E-state index is 0.355. The average Bonchev–Trinajstić information content (AvgIpc) is 2.18. The highest BCUT2D eigenvalue weighted by atomic mass is 19.1. The van der Waals surface area contributed by atoms with Crippen molar-refractivity contribution in [3.63, 3.8) is 0 Å². The average molecular weight is 193 g/mol. The van der Waals surface area contributed by atoms with Gasteiger partial charge in [0.05, 0.1) is 12.3 Å². The van der Waals surface area contributed by atoms with Crippen LogP contribution in [0.3, 0.4) is 0 Å². The minimum Gasteiger partial charge on any atom is -0.491 e. The summed E-state index contributed by atoms with van der Waals surface area (Å²) < 4.78 is 18.0. The normalized spacial score (nSPS) is 9.43. The second kappa shape index (κ2) is 5.13. The van der Waals surface area contributed by atoms with Crippen molar-refractivity contribution in [1.29, 1.82) is 0 Å². The number of nitrogen functional groups attached to an aromatic ring is 1. The topological polar surface area (TPSA) is 35.2 Å². The van der Waals surface area contributed by atoms with E-state index < -0.39 is 0 Å². The third-order valence-corrected chi connectivity index (χ3v) is 1.70. The Hall–Kier alpha value is -1.69. The second-order valence-corrected chi connectivity index (χ2v) is 2.84. The maximum absolute atomic E-state index is 12.8. The van der Waals surface area contributed by atoms with Gasteiger partial charge in [0, 0.05) is 12.5 Å². The van der Waals surface area contributed by atoms with Gasteiger partial charge in [0.25, 0.3) is 0 Å². The number of hydrogen-bond acceptors (Lipinski definition) is 2. The number of unbranched alkanes of at least 4 members (excludes halogenated alkanes) is 1. The monoisotopic (exact) mass is 193 g/mol. The Morgan fingerprint density at radius 3 is 3.00 bits per heavy atom. The van der Waals surface area contributed by atoms with Crippen LogP contribution in [0.1, 0.15) is 12.8 Å². The fraction of sp³-hybridized carbons (Fsp3) is 0.273. The van der Waals surface area contributed by atoms with E-state index in [1.807, 2.05) is 0 Å². The third kappa shape index (κ3) is 2.98. The number of benzene rings is 1. The van der Waals surface area contributed by atoms with E-state index in [0.717, 1.165) is 6.42 Å². The van der Waals surface area contributed by atoms with Crippen LogP contribution in [0.25, 0.3) is 0 Å². The molecule has 2 N–H and O–H groups in total. The molecule has 0 saturated carbocycles. The zero-order valence-corrected chi connectivity index (χ0v) is 7.79. The van der Waals surface area contributed by atoms with Gasteiger partial charge in [0.2, 0.25) is 0 Å². The van der Waals surface area contributed by atoms with E-state index >= 15 is 0 Å². The molecule has 0 aromatic heterocycles. The molecule has 0 atom stereocenters. The molecule has 0 bridgehead atoms. The number of terminal acetylenes is 1. The van der Waals surface area contributed by atoms with Gasteiger partial charge in [-0.2, -0.15) is 0 Å². The van der Waals surface area contributed by atoms with Gasteiger partial charge in [-0.1, -0.05) is 0 Å². The van der Waals surface area contributed by atoms with Gasteiger partial charge in [-0.3, -0.25) is 0 Å². The molecule has 0 radical (unpaired) electrons. The molecule has 1 aromatic carbocycles. The Bertz CT molecular complexity index is 344. The van der Waals surface area contributed by atoms with Gasteiger partial charge in [0.1, 0.15) is 11.6 Å². The van der Waals surface area contributed by atoms with E-state index in [2.05, 4.69) is 5.92 Å². The third-order valence-electron chi connectivity index (χ3n) is 1.70. The van der Waals surface area contributed by atoms with Crippen LogP contribution in [0.5, 0.6) is 5.75 Å². The molecule has 1 rings (SSSR count). The van der Waals surface area contributed by atoms with Crippen molar-refractivity contribution in [3.8, 4) is 18.1 Å². The van der Waals surface area contributed by atoms with Crippen LogP contribution >= 0.6 is 0 Å². The van der Waals surface area contributed by atoms with Crippen molar-refractivity contribution in [2.75, 3.05) is 12.3 Å². The van der Waals surface area contributed by atoms with Gasteiger partial charge < -0.3 is 10.5 Å². The quantitative estimate of drug-likeness (QED) is 0.452. The zero-order chi connectivity index (χ0) is 10.4. The standard InChI is InChI=1S/C11H12FNO/c1-2-3-4-7-14-11-8-9(12)5-6-10(11)13/h1,5-6,8H,3-4,7,13H2. The molecule has 0 amide bonds. The summed E-state index contributed by atoms with van der Waals surface area (Å²) in [5.41, 5.74) is 6.01. The Kier molecular flexibility index (Phi) is 3.81. The molecule has 3 heteroatoms. The molecule has 0 heterocycles. The van der Waals surface area contributed by atoms with Crippen molar-refractivity contribution in [2.45, 2.75) is 12.8 Å². The molecular formula is C11H12FNO. The lowest BCUT2D eigenvalue weighted by Gasteiger charge is -2.07. The molecule has 0 fully saturated rings. The van der Waals surface area contributed by atoms with Crippen molar-refractivity contribution in [2.24, 2.45) is 0 Å². The van der Waals surface area contributed by atoms with Crippen molar-refractivity contribution in [3.05, 3.63) is 24.0 Å². The zero-order valence-electron chi connectivity index (χ0n) is 7.79. The number of anilines is 1. The van der Waals surface area contributed by atoms with Crippen molar-refractivity contribution >= 4 is 5.69 Å². The van der Waals surface area contributed by atoms with Gasteiger partial charge in [-0.05, 0) is 18.6 Å². The fourth-order valence-corrected chi connectivity index (χ4v) is 0.990. The van der Waals surface area contributed by atoms with Gasteiger partial charge in [0.15, 0.2) is 0 Å². The highest BCUT2D eigenvalue weighted by molar-refractivity contribution is 5.52. The second-order valence-electron chi connectivity index (χ2n) is 2.84. The molecule has 1 aromatic rings. The predicted molar refractivity (Wildman–Crippen MR) is 54.4 cm³/mol. The summed E-state index contributed by atoms with van der Waals surface area (Å²) in [4.78, 5) is 0. The molecule has 74 valence electrons. The summed E-state index contributed by atoms with van der Waals surface area (Å²) in [6, 6.07) is 4.04. The molecule has 0 aliphatic heterocycles. The highest BCUT2D eigenvalue weighted by Crippen LogP contribution is 2.21. The van der Waals surface area contributed by atoms with E-state index in [4.69, 9.17) is 16.9 Å². The lowest BCUT2D eigenvalue weighted by atomic mass is 10.3. The number of halogens is 1. The van der Waals surface area contributed by atoms with Gasteiger partial charge in [-0.25, -0.2) is 4.39 Å². The highest BCUT2D eigenvalue weighted by Gasteiger charge is 2.01. The summed E-state index contributed by atoms with van der Waals surface area (Å²) >= 11 is 0. The van der Waals surface area contributed by atoms with E-state index in [-0.39, 0.29) is 5.82 Å². The molecule has 0 spiro atoms.